The van der Waals surface area contributed by atoms with E-state index in [0.29, 0.717) is 28.6 Å². The Morgan fingerprint density at radius 1 is 1.17 bits per heavy atom. The largest absolute Gasteiger partial charge is 0.448 e. The number of aromatic nitrogens is 2. The van der Waals surface area contributed by atoms with Gasteiger partial charge in [0.05, 0.1) is 17.1 Å². The number of fused-ring (bicyclic) bond motifs is 1. The molecule has 2 aromatic rings. The molecule has 1 aromatic heterocycles. The smallest absolute Gasteiger partial charge is 0.265 e. The van der Waals surface area contributed by atoms with Gasteiger partial charge in [-0.2, -0.15) is 5.10 Å². The molecule has 8 heteroatoms. The van der Waals surface area contributed by atoms with Gasteiger partial charge >= 0.3 is 0 Å². The molecule has 7 nitrogen and oxygen atoms in total. The van der Waals surface area contributed by atoms with Gasteiger partial charge in [0.2, 0.25) is 0 Å². The molecule has 1 saturated carbocycles. The normalized spacial score (nSPS) is 18.2. The number of aromatic amines is 1. The van der Waals surface area contributed by atoms with Gasteiger partial charge in [0.15, 0.2) is 11.5 Å². The molecule has 0 atom stereocenters. The van der Waals surface area contributed by atoms with Gasteiger partial charge in [-0.15, -0.1) is 0 Å². The molecular formula is C16H19N3O4S. The van der Waals surface area contributed by atoms with Crippen LogP contribution in [0.2, 0.25) is 0 Å². The standard InChI is InChI=1S/C16H19N3O4S/c1-10-15(11(2)18-17-10)24(20,21)19-12-5-6-13-14(9-12)23-16(22-13)7-3-4-8-16/h5-6,9,19H,3-4,7-8H2,1-2H3,(H,17,18). The van der Waals surface area contributed by atoms with Gasteiger partial charge in [0.25, 0.3) is 15.8 Å². The van der Waals surface area contributed by atoms with Crippen LogP contribution in [0.4, 0.5) is 5.69 Å². The summed E-state index contributed by atoms with van der Waals surface area (Å²) >= 11 is 0. The van der Waals surface area contributed by atoms with E-state index in [9.17, 15) is 8.42 Å². The van der Waals surface area contributed by atoms with Crippen molar-refractivity contribution in [3.63, 3.8) is 0 Å². The lowest BCUT2D eigenvalue weighted by Crippen LogP contribution is -2.34. The van der Waals surface area contributed by atoms with Crippen molar-refractivity contribution in [3.8, 4) is 11.5 Å². The lowest BCUT2D eigenvalue weighted by Gasteiger charge is -2.21. The highest BCUT2D eigenvalue weighted by atomic mass is 32.2. The van der Waals surface area contributed by atoms with E-state index >= 15 is 0 Å². The lowest BCUT2D eigenvalue weighted by atomic mass is 10.2. The predicted molar refractivity (Wildman–Crippen MR) is 87.8 cm³/mol. The number of anilines is 1. The third-order valence-corrected chi connectivity index (χ3v) is 6.13. The van der Waals surface area contributed by atoms with E-state index in [1.807, 2.05) is 0 Å². The fourth-order valence-corrected chi connectivity index (χ4v) is 4.84. The molecule has 1 aliphatic carbocycles. The molecule has 0 unspecified atom stereocenters. The Kier molecular flexibility index (Phi) is 3.28. The summed E-state index contributed by atoms with van der Waals surface area (Å²) in [7, 11) is -3.72. The Balaban J connectivity index is 1.61. The van der Waals surface area contributed by atoms with Crippen LogP contribution in [0, 0.1) is 13.8 Å². The maximum atomic E-state index is 12.6. The van der Waals surface area contributed by atoms with Gasteiger partial charge in [-0.25, -0.2) is 8.42 Å². The Hall–Kier alpha value is -2.22. The lowest BCUT2D eigenvalue weighted by molar-refractivity contribution is -0.0716. The first-order chi connectivity index (χ1) is 11.4. The summed E-state index contributed by atoms with van der Waals surface area (Å²) in [6.07, 6.45) is 3.87. The van der Waals surface area contributed by atoms with Crippen LogP contribution in [-0.4, -0.2) is 24.4 Å². The van der Waals surface area contributed by atoms with Crippen LogP contribution in [0.1, 0.15) is 37.1 Å². The molecule has 128 valence electrons. The van der Waals surface area contributed by atoms with E-state index in [0.717, 1.165) is 25.7 Å². The number of aryl methyl sites for hydroxylation is 2. The van der Waals surface area contributed by atoms with Crippen molar-refractivity contribution < 1.29 is 17.9 Å². The fourth-order valence-electron chi connectivity index (χ4n) is 3.42. The zero-order valence-corrected chi connectivity index (χ0v) is 14.4. The summed E-state index contributed by atoms with van der Waals surface area (Å²) in [5, 5.41) is 6.63. The van der Waals surface area contributed by atoms with Gasteiger partial charge in [0, 0.05) is 18.9 Å². The van der Waals surface area contributed by atoms with Crippen LogP contribution in [0.5, 0.6) is 11.5 Å². The van der Waals surface area contributed by atoms with Crippen molar-refractivity contribution >= 4 is 15.7 Å². The number of benzene rings is 1. The second kappa shape index (κ2) is 5.14. The Bertz CT molecular complexity index is 879. The molecule has 0 saturated heterocycles. The van der Waals surface area contributed by atoms with E-state index in [-0.39, 0.29) is 4.90 Å². The first-order valence-corrected chi connectivity index (χ1v) is 9.43. The van der Waals surface area contributed by atoms with Crippen LogP contribution in [0.15, 0.2) is 23.1 Å². The molecule has 4 rings (SSSR count). The number of ether oxygens (including phenoxy) is 2. The second-order valence-corrected chi connectivity index (χ2v) is 7.97. The third-order valence-electron chi connectivity index (χ3n) is 4.48. The number of rotatable bonds is 3. The number of nitrogens with zero attached hydrogens (tertiary/aromatic N) is 1. The SMILES string of the molecule is Cc1n[nH]c(C)c1S(=O)(=O)Nc1ccc2c(c1)OC1(CCCC1)O2. The quantitative estimate of drug-likeness (QED) is 0.889. The van der Waals surface area contributed by atoms with Gasteiger partial charge in [-0.1, -0.05) is 0 Å². The minimum absolute atomic E-state index is 0.174. The van der Waals surface area contributed by atoms with Crippen LogP contribution in [0.25, 0.3) is 0 Å². The van der Waals surface area contributed by atoms with Crippen molar-refractivity contribution in [3.05, 3.63) is 29.6 Å². The van der Waals surface area contributed by atoms with Gasteiger partial charge in [-0.05, 0) is 38.8 Å². The summed E-state index contributed by atoms with van der Waals surface area (Å²) in [4.78, 5) is 0.174. The van der Waals surface area contributed by atoms with E-state index in [2.05, 4.69) is 14.9 Å². The molecule has 1 fully saturated rings. The maximum Gasteiger partial charge on any atom is 0.265 e. The van der Waals surface area contributed by atoms with Crippen molar-refractivity contribution in [1.29, 1.82) is 0 Å². The molecule has 24 heavy (non-hydrogen) atoms. The van der Waals surface area contributed by atoms with Gasteiger partial charge < -0.3 is 9.47 Å². The summed E-state index contributed by atoms with van der Waals surface area (Å²) in [5.41, 5.74) is 1.38. The number of nitrogens with one attached hydrogen (secondary N) is 2. The third kappa shape index (κ3) is 2.41. The molecule has 1 aliphatic heterocycles. The number of sulfonamides is 1. The predicted octanol–water partition coefficient (Wildman–Crippen LogP) is 2.87. The first kappa shape index (κ1) is 15.3. The highest BCUT2D eigenvalue weighted by molar-refractivity contribution is 7.92. The molecule has 0 amide bonds. The number of hydrogen-bond donors (Lipinski definition) is 2. The molecule has 2 aliphatic rings. The van der Waals surface area contributed by atoms with Gasteiger partial charge in [-0.3, -0.25) is 9.82 Å². The Morgan fingerprint density at radius 3 is 2.54 bits per heavy atom. The van der Waals surface area contributed by atoms with Crippen LogP contribution < -0.4 is 14.2 Å². The molecule has 2 N–H and O–H groups in total. The molecular weight excluding hydrogens is 330 g/mol. The van der Waals surface area contributed by atoms with Crippen molar-refractivity contribution in [1.82, 2.24) is 10.2 Å². The zero-order valence-electron chi connectivity index (χ0n) is 13.5. The molecule has 2 heterocycles. The number of H-pyrrole nitrogens is 1. The van der Waals surface area contributed by atoms with E-state index in [1.54, 1.807) is 32.0 Å². The average molecular weight is 349 g/mol. The minimum atomic E-state index is -3.72. The molecule has 0 bridgehead atoms. The minimum Gasteiger partial charge on any atom is -0.448 e. The van der Waals surface area contributed by atoms with Crippen LogP contribution in [0.3, 0.4) is 0 Å². The highest BCUT2D eigenvalue weighted by Gasteiger charge is 2.44. The van der Waals surface area contributed by atoms with Crippen LogP contribution >= 0.6 is 0 Å². The monoisotopic (exact) mass is 349 g/mol. The van der Waals surface area contributed by atoms with Crippen molar-refractivity contribution in [2.24, 2.45) is 0 Å². The summed E-state index contributed by atoms with van der Waals surface area (Å²) < 4.78 is 39.7. The molecule has 0 radical (unpaired) electrons. The van der Waals surface area contributed by atoms with Crippen molar-refractivity contribution in [2.75, 3.05) is 4.72 Å². The Morgan fingerprint density at radius 2 is 1.88 bits per heavy atom. The Labute approximate surface area is 140 Å². The first-order valence-electron chi connectivity index (χ1n) is 7.95. The summed E-state index contributed by atoms with van der Waals surface area (Å²) in [6.45, 7) is 3.33. The zero-order chi connectivity index (χ0) is 16.9. The second-order valence-electron chi connectivity index (χ2n) is 6.35. The molecule has 1 spiro atoms. The van der Waals surface area contributed by atoms with Crippen molar-refractivity contribution in [2.45, 2.75) is 50.2 Å². The average Bonchev–Trinajstić information content (AvgIpc) is 3.18. The van der Waals surface area contributed by atoms with E-state index < -0.39 is 15.8 Å². The highest BCUT2D eigenvalue weighted by Crippen LogP contribution is 2.47. The van der Waals surface area contributed by atoms with E-state index in [4.69, 9.17) is 9.47 Å². The topological polar surface area (TPSA) is 93.3 Å². The maximum absolute atomic E-state index is 12.6. The summed E-state index contributed by atoms with van der Waals surface area (Å²) in [6, 6.07) is 5.10. The van der Waals surface area contributed by atoms with E-state index in [1.165, 1.54) is 0 Å². The molecule has 1 aromatic carbocycles. The number of hydrogen-bond acceptors (Lipinski definition) is 5. The summed E-state index contributed by atoms with van der Waals surface area (Å²) in [5.74, 6) is 0.686. The fraction of sp³-hybridized carbons (Fsp3) is 0.438. The van der Waals surface area contributed by atoms with Crippen LogP contribution in [-0.2, 0) is 10.0 Å². The van der Waals surface area contributed by atoms with Gasteiger partial charge in [0.1, 0.15) is 4.90 Å².